The van der Waals surface area contributed by atoms with Crippen molar-refractivity contribution in [1.29, 1.82) is 0 Å². The number of benzene rings is 1. The van der Waals surface area contributed by atoms with Gasteiger partial charge >= 0.3 is 15.6 Å². The predicted octanol–water partition coefficient (Wildman–Crippen LogP) is 2.63. The van der Waals surface area contributed by atoms with Crippen molar-refractivity contribution < 1.29 is 30.5 Å². The average Bonchev–Trinajstić information content (AvgIpc) is 2.71. The Kier molecular flexibility index (Phi) is 3.38. The fraction of sp³-hybridized carbons (Fsp3) is 0.455. The van der Waals surface area contributed by atoms with Gasteiger partial charge in [-0.15, -0.1) is 0 Å². The summed E-state index contributed by atoms with van der Waals surface area (Å²) in [6, 6.07) is 4.14. The van der Waals surface area contributed by atoms with E-state index in [2.05, 4.69) is 4.18 Å². The number of alkyl halides is 3. The fourth-order valence-electron chi connectivity index (χ4n) is 1.78. The highest BCUT2D eigenvalue weighted by Gasteiger charge is 2.49. The summed E-state index contributed by atoms with van der Waals surface area (Å²) >= 11 is 0. The van der Waals surface area contributed by atoms with Crippen LogP contribution < -0.4 is 8.92 Å². The van der Waals surface area contributed by atoms with Gasteiger partial charge in [-0.2, -0.15) is 21.6 Å². The van der Waals surface area contributed by atoms with Crippen molar-refractivity contribution in [2.75, 3.05) is 0 Å². The molecule has 0 fully saturated rings. The second kappa shape index (κ2) is 4.59. The Hall–Kier alpha value is -1.44. The molecule has 1 aromatic rings. The van der Waals surface area contributed by atoms with E-state index < -0.39 is 15.6 Å². The molecule has 1 atom stereocenters. The van der Waals surface area contributed by atoms with E-state index in [0.29, 0.717) is 24.2 Å². The summed E-state index contributed by atoms with van der Waals surface area (Å²) in [5.74, 6) is 0.0347. The van der Waals surface area contributed by atoms with E-state index in [9.17, 15) is 21.6 Å². The average molecular weight is 296 g/mol. The van der Waals surface area contributed by atoms with Crippen LogP contribution in [0.25, 0.3) is 0 Å². The molecule has 0 spiro atoms. The molecule has 0 N–H and O–H groups in total. The first-order chi connectivity index (χ1) is 8.74. The van der Waals surface area contributed by atoms with Crippen LogP contribution in [0.3, 0.4) is 0 Å². The minimum atomic E-state index is -5.65. The number of hydrogen-bond acceptors (Lipinski definition) is 4. The molecule has 0 radical (unpaired) electrons. The number of fused-ring (bicyclic) bond motifs is 1. The Morgan fingerprint density at radius 2 is 2.11 bits per heavy atom. The van der Waals surface area contributed by atoms with Gasteiger partial charge in [-0.3, -0.25) is 0 Å². The Morgan fingerprint density at radius 1 is 1.42 bits per heavy atom. The van der Waals surface area contributed by atoms with Crippen molar-refractivity contribution >= 4 is 10.1 Å². The molecule has 0 saturated heterocycles. The molecule has 8 heteroatoms. The summed E-state index contributed by atoms with van der Waals surface area (Å²) in [7, 11) is -5.65. The van der Waals surface area contributed by atoms with Gasteiger partial charge in [0.1, 0.15) is 17.6 Å². The Labute approximate surface area is 108 Å². The first kappa shape index (κ1) is 14.0. The zero-order valence-electron chi connectivity index (χ0n) is 9.90. The molecule has 1 aromatic carbocycles. The zero-order chi connectivity index (χ0) is 14.3. The van der Waals surface area contributed by atoms with Crippen LogP contribution in [0.2, 0.25) is 0 Å². The highest BCUT2D eigenvalue weighted by atomic mass is 32.2. The first-order valence-corrected chi connectivity index (χ1v) is 6.94. The molecule has 0 amide bonds. The molecule has 0 saturated carbocycles. The van der Waals surface area contributed by atoms with E-state index in [0.717, 1.165) is 0 Å². The van der Waals surface area contributed by atoms with Crippen molar-refractivity contribution in [1.82, 2.24) is 0 Å². The summed E-state index contributed by atoms with van der Waals surface area (Å²) in [6.45, 7) is 1.86. The number of rotatable bonds is 3. The summed E-state index contributed by atoms with van der Waals surface area (Å²) in [6.07, 6.45) is 0.823. The molecule has 0 bridgehead atoms. The lowest BCUT2D eigenvalue weighted by Crippen LogP contribution is -2.28. The van der Waals surface area contributed by atoms with Crippen molar-refractivity contribution in [2.45, 2.75) is 31.4 Å². The van der Waals surface area contributed by atoms with Gasteiger partial charge in [0.15, 0.2) is 0 Å². The monoisotopic (exact) mass is 296 g/mol. The molecule has 0 aromatic heterocycles. The lowest BCUT2D eigenvalue weighted by molar-refractivity contribution is -0.0500. The maximum atomic E-state index is 12.3. The SMILES string of the molecule is CCC1Cc2c(cccc2OS(=O)(=O)C(F)(F)F)O1. The second-order valence-corrected chi connectivity index (χ2v) is 5.61. The van der Waals surface area contributed by atoms with E-state index >= 15 is 0 Å². The van der Waals surface area contributed by atoms with E-state index in [-0.39, 0.29) is 11.9 Å². The van der Waals surface area contributed by atoms with E-state index in [1.165, 1.54) is 12.1 Å². The fourth-order valence-corrected chi connectivity index (χ4v) is 2.26. The number of ether oxygens (including phenoxy) is 1. The van der Waals surface area contributed by atoms with Gasteiger partial charge in [0, 0.05) is 12.0 Å². The summed E-state index contributed by atoms with van der Waals surface area (Å²) in [5.41, 5.74) is -5.10. The zero-order valence-corrected chi connectivity index (χ0v) is 10.7. The maximum absolute atomic E-state index is 12.3. The number of halogens is 3. The topological polar surface area (TPSA) is 52.6 Å². The normalized spacial score (nSPS) is 18.8. The van der Waals surface area contributed by atoms with Gasteiger partial charge in [0.25, 0.3) is 0 Å². The van der Waals surface area contributed by atoms with Gasteiger partial charge in [0.05, 0.1) is 0 Å². The molecule has 1 aliphatic rings. The largest absolute Gasteiger partial charge is 0.534 e. The standard InChI is InChI=1S/C11H11F3O4S/c1-2-7-6-8-9(17-7)4-3-5-10(8)18-19(15,16)11(12,13)14/h3-5,7H,2,6H2,1H3. The lowest BCUT2D eigenvalue weighted by atomic mass is 10.1. The molecular weight excluding hydrogens is 285 g/mol. The van der Waals surface area contributed by atoms with Crippen molar-refractivity contribution in [2.24, 2.45) is 0 Å². The third-order valence-electron chi connectivity index (χ3n) is 2.75. The predicted molar refractivity (Wildman–Crippen MR) is 60.5 cm³/mol. The minimum Gasteiger partial charge on any atom is -0.490 e. The highest BCUT2D eigenvalue weighted by molar-refractivity contribution is 7.88. The van der Waals surface area contributed by atoms with Crippen LogP contribution >= 0.6 is 0 Å². The molecule has 0 aliphatic carbocycles. The minimum absolute atomic E-state index is 0.173. The van der Waals surface area contributed by atoms with Gasteiger partial charge in [-0.05, 0) is 18.6 Å². The molecule has 19 heavy (non-hydrogen) atoms. The molecule has 4 nitrogen and oxygen atoms in total. The molecule has 1 aliphatic heterocycles. The first-order valence-electron chi connectivity index (χ1n) is 5.54. The van der Waals surface area contributed by atoms with E-state index in [4.69, 9.17) is 4.74 Å². The quantitative estimate of drug-likeness (QED) is 0.635. The van der Waals surface area contributed by atoms with Gasteiger partial charge in [0.2, 0.25) is 0 Å². The Morgan fingerprint density at radius 3 is 2.68 bits per heavy atom. The van der Waals surface area contributed by atoms with Gasteiger partial charge in [-0.1, -0.05) is 13.0 Å². The molecule has 1 heterocycles. The van der Waals surface area contributed by atoms with Gasteiger partial charge < -0.3 is 8.92 Å². The van der Waals surface area contributed by atoms with Crippen molar-refractivity contribution in [3.8, 4) is 11.5 Å². The smallest absolute Gasteiger partial charge is 0.490 e. The Bertz CT molecular complexity index is 580. The van der Waals surface area contributed by atoms with Gasteiger partial charge in [-0.25, -0.2) is 0 Å². The third-order valence-corrected chi connectivity index (χ3v) is 3.72. The molecule has 106 valence electrons. The molecule has 2 rings (SSSR count). The third kappa shape index (κ3) is 2.63. The highest BCUT2D eigenvalue weighted by Crippen LogP contribution is 2.38. The summed E-state index contributed by atoms with van der Waals surface area (Å²) < 4.78 is 68.4. The van der Waals surface area contributed by atoms with Crippen LogP contribution in [0.5, 0.6) is 11.5 Å². The van der Waals surface area contributed by atoms with Crippen LogP contribution in [0, 0.1) is 0 Å². The van der Waals surface area contributed by atoms with Crippen LogP contribution in [0.1, 0.15) is 18.9 Å². The van der Waals surface area contributed by atoms with Crippen LogP contribution in [-0.2, 0) is 16.5 Å². The second-order valence-electron chi connectivity index (χ2n) is 4.07. The van der Waals surface area contributed by atoms with Crippen LogP contribution in [0.4, 0.5) is 13.2 Å². The van der Waals surface area contributed by atoms with E-state index in [1.54, 1.807) is 6.07 Å². The lowest BCUT2D eigenvalue weighted by Gasteiger charge is -2.11. The number of hydrogen-bond donors (Lipinski definition) is 0. The van der Waals surface area contributed by atoms with Crippen LogP contribution in [-0.4, -0.2) is 20.0 Å². The van der Waals surface area contributed by atoms with E-state index in [1.807, 2.05) is 6.92 Å². The molecular formula is C11H11F3O4S. The summed E-state index contributed by atoms with van der Waals surface area (Å²) in [4.78, 5) is 0. The van der Waals surface area contributed by atoms with Crippen molar-refractivity contribution in [3.63, 3.8) is 0 Å². The summed E-state index contributed by atoms with van der Waals surface area (Å²) in [5, 5.41) is 0. The maximum Gasteiger partial charge on any atom is 0.534 e. The van der Waals surface area contributed by atoms with Crippen LogP contribution in [0.15, 0.2) is 18.2 Å². The molecule has 1 unspecified atom stereocenters. The van der Waals surface area contributed by atoms with Crippen molar-refractivity contribution in [3.05, 3.63) is 23.8 Å². The Balaban J connectivity index is 2.33.